The zero-order valence-electron chi connectivity index (χ0n) is 17.5. The molecule has 0 unspecified atom stereocenters. The fourth-order valence-electron chi connectivity index (χ4n) is 3.50. The van der Waals surface area contributed by atoms with Gasteiger partial charge in [0, 0.05) is 11.3 Å². The van der Waals surface area contributed by atoms with Crippen molar-refractivity contribution >= 4 is 17.3 Å². The Bertz CT molecular complexity index is 1000. The smallest absolute Gasteiger partial charge is 0.303 e. The second-order valence-corrected chi connectivity index (χ2v) is 8.74. The van der Waals surface area contributed by atoms with Gasteiger partial charge in [0.05, 0.1) is 4.88 Å². The lowest BCUT2D eigenvalue weighted by Gasteiger charge is -2.14. The molecule has 0 atom stereocenters. The van der Waals surface area contributed by atoms with E-state index in [1.165, 1.54) is 26.4 Å². The van der Waals surface area contributed by atoms with E-state index in [2.05, 4.69) is 44.2 Å². The molecule has 0 saturated heterocycles. The van der Waals surface area contributed by atoms with Gasteiger partial charge in [0.15, 0.2) is 0 Å². The van der Waals surface area contributed by atoms with Crippen LogP contribution >= 0.6 is 11.3 Å². The minimum absolute atomic E-state index is 0.148. The SMILES string of the molecule is CCc1ccc(-c2cc(C)sc2COc2ccc(CCC(=O)O)c(C)c2C)cc1. The largest absolute Gasteiger partial charge is 0.488 e. The van der Waals surface area contributed by atoms with Gasteiger partial charge in [-0.2, -0.15) is 0 Å². The van der Waals surface area contributed by atoms with Gasteiger partial charge >= 0.3 is 5.97 Å². The number of ether oxygens (including phenoxy) is 1. The molecule has 0 spiro atoms. The Morgan fingerprint density at radius 3 is 2.41 bits per heavy atom. The molecule has 1 N–H and O–H groups in total. The molecule has 1 heterocycles. The zero-order valence-corrected chi connectivity index (χ0v) is 18.4. The summed E-state index contributed by atoms with van der Waals surface area (Å²) in [6.07, 6.45) is 1.74. The first-order valence-electron chi connectivity index (χ1n) is 10.0. The zero-order chi connectivity index (χ0) is 21.0. The topological polar surface area (TPSA) is 46.5 Å². The van der Waals surface area contributed by atoms with Crippen LogP contribution in [0.1, 0.15) is 45.4 Å². The quantitative estimate of drug-likeness (QED) is 0.463. The lowest BCUT2D eigenvalue weighted by atomic mass is 9.99. The fraction of sp³-hybridized carbons (Fsp3) is 0.320. The molecule has 2 aromatic carbocycles. The number of carboxylic acids is 1. The van der Waals surface area contributed by atoms with Gasteiger partial charge < -0.3 is 9.84 Å². The first-order chi connectivity index (χ1) is 13.9. The molecule has 0 saturated carbocycles. The second-order valence-electron chi connectivity index (χ2n) is 7.40. The van der Waals surface area contributed by atoms with Crippen molar-refractivity contribution in [2.45, 2.75) is 53.6 Å². The van der Waals surface area contributed by atoms with Crippen molar-refractivity contribution in [3.8, 4) is 16.9 Å². The summed E-state index contributed by atoms with van der Waals surface area (Å²) < 4.78 is 6.20. The highest BCUT2D eigenvalue weighted by Gasteiger charge is 2.13. The number of carboxylic acid groups (broad SMARTS) is 1. The Morgan fingerprint density at radius 2 is 1.76 bits per heavy atom. The van der Waals surface area contributed by atoms with Crippen molar-refractivity contribution in [3.05, 3.63) is 74.5 Å². The van der Waals surface area contributed by atoms with Crippen LogP contribution in [-0.4, -0.2) is 11.1 Å². The Kier molecular flexibility index (Phi) is 6.75. The molecular weight excluding hydrogens is 380 g/mol. The number of hydrogen-bond donors (Lipinski definition) is 1. The van der Waals surface area contributed by atoms with Crippen LogP contribution in [0.3, 0.4) is 0 Å². The lowest BCUT2D eigenvalue weighted by molar-refractivity contribution is -0.136. The molecule has 0 fully saturated rings. The van der Waals surface area contributed by atoms with Crippen molar-refractivity contribution in [1.29, 1.82) is 0 Å². The van der Waals surface area contributed by atoms with Gasteiger partial charge in [-0.3, -0.25) is 4.79 Å². The van der Waals surface area contributed by atoms with Crippen LogP contribution in [0.25, 0.3) is 11.1 Å². The highest BCUT2D eigenvalue weighted by atomic mass is 32.1. The van der Waals surface area contributed by atoms with Crippen LogP contribution in [-0.2, 0) is 24.2 Å². The maximum atomic E-state index is 10.9. The molecule has 0 radical (unpaired) electrons. The van der Waals surface area contributed by atoms with Crippen LogP contribution in [0.4, 0.5) is 0 Å². The van der Waals surface area contributed by atoms with Gasteiger partial charge in [-0.25, -0.2) is 0 Å². The summed E-state index contributed by atoms with van der Waals surface area (Å²) in [6.45, 7) is 8.90. The molecule has 1 aromatic heterocycles. The van der Waals surface area contributed by atoms with Crippen LogP contribution in [0.15, 0.2) is 42.5 Å². The molecule has 152 valence electrons. The Morgan fingerprint density at radius 1 is 1.03 bits per heavy atom. The van der Waals surface area contributed by atoms with E-state index in [1.807, 2.05) is 26.0 Å². The minimum Gasteiger partial charge on any atom is -0.488 e. The lowest BCUT2D eigenvalue weighted by Crippen LogP contribution is -2.02. The van der Waals surface area contributed by atoms with Crippen molar-refractivity contribution in [3.63, 3.8) is 0 Å². The highest BCUT2D eigenvalue weighted by molar-refractivity contribution is 7.12. The molecule has 0 aliphatic rings. The Balaban J connectivity index is 1.78. The Hall–Kier alpha value is -2.59. The van der Waals surface area contributed by atoms with Gasteiger partial charge in [-0.15, -0.1) is 11.3 Å². The second kappa shape index (κ2) is 9.27. The first-order valence-corrected chi connectivity index (χ1v) is 10.8. The van der Waals surface area contributed by atoms with Crippen LogP contribution in [0.5, 0.6) is 5.75 Å². The maximum Gasteiger partial charge on any atom is 0.303 e. The van der Waals surface area contributed by atoms with E-state index in [1.54, 1.807) is 11.3 Å². The summed E-state index contributed by atoms with van der Waals surface area (Å²) in [7, 11) is 0. The van der Waals surface area contributed by atoms with Crippen molar-refractivity contribution < 1.29 is 14.6 Å². The standard InChI is InChI=1S/C25H28O3S/c1-5-19-6-8-21(9-7-19)22-14-16(2)29-24(22)15-28-23-12-10-20(11-13-25(26)27)17(3)18(23)4/h6-10,12,14H,5,11,13,15H2,1-4H3,(H,26,27). The van der Waals surface area contributed by atoms with Gasteiger partial charge in [0.2, 0.25) is 0 Å². The summed E-state index contributed by atoms with van der Waals surface area (Å²) in [5, 5.41) is 8.93. The van der Waals surface area contributed by atoms with Crippen molar-refractivity contribution in [2.24, 2.45) is 0 Å². The molecule has 4 heteroatoms. The fourth-order valence-corrected chi connectivity index (χ4v) is 4.47. The number of rotatable bonds is 8. The van der Waals surface area contributed by atoms with Crippen LogP contribution < -0.4 is 4.74 Å². The van der Waals surface area contributed by atoms with E-state index in [0.29, 0.717) is 13.0 Å². The van der Waals surface area contributed by atoms with E-state index in [0.717, 1.165) is 28.9 Å². The number of hydrogen-bond acceptors (Lipinski definition) is 3. The highest BCUT2D eigenvalue weighted by Crippen LogP contribution is 2.33. The van der Waals surface area contributed by atoms with Crippen molar-refractivity contribution in [2.75, 3.05) is 0 Å². The number of benzene rings is 2. The monoisotopic (exact) mass is 408 g/mol. The number of thiophene rings is 1. The molecule has 3 nitrogen and oxygen atoms in total. The molecule has 0 aliphatic carbocycles. The molecule has 3 rings (SSSR count). The van der Waals surface area contributed by atoms with E-state index >= 15 is 0 Å². The van der Waals surface area contributed by atoms with Gasteiger partial charge in [0.1, 0.15) is 12.4 Å². The third-order valence-corrected chi connectivity index (χ3v) is 6.45. The summed E-state index contributed by atoms with van der Waals surface area (Å²) in [5.41, 5.74) is 7.06. The van der Waals surface area contributed by atoms with E-state index in [9.17, 15) is 4.79 Å². The third-order valence-electron chi connectivity index (χ3n) is 5.42. The summed E-state index contributed by atoms with van der Waals surface area (Å²) in [4.78, 5) is 13.4. The number of aliphatic carboxylic acids is 1. The number of aryl methyl sites for hydroxylation is 3. The average Bonchev–Trinajstić information content (AvgIpc) is 3.08. The predicted octanol–water partition coefficient (Wildman–Crippen LogP) is 6.50. The molecular formula is C25H28O3S. The summed E-state index contributed by atoms with van der Waals surface area (Å²) in [5.74, 6) is 0.0925. The van der Waals surface area contributed by atoms with Crippen LogP contribution in [0.2, 0.25) is 0 Å². The van der Waals surface area contributed by atoms with Gasteiger partial charge in [-0.1, -0.05) is 37.3 Å². The predicted molar refractivity (Wildman–Crippen MR) is 120 cm³/mol. The summed E-state index contributed by atoms with van der Waals surface area (Å²) >= 11 is 1.77. The van der Waals surface area contributed by atoms with E-state index in [4.69, 9.17) is 9.84 Å². The third kappa shape index (κ3) is 5.07. The molecule has 0 amide bonds. The first kappa shape index (κ1) is 21.1. The Labute approximate surface area is 177 Å². The summed E-state index contributed by atoms with van der Waals surface area (Å²) in [6, 6.07) is 15.0. The number of carbonyl (C=O) groups is 1. The normalized spacial score (nSPS) is 10.9. The van der Waals surface area contributed by atoms with Crippen LogP contribution in [0, 0.1) is 20.8 Å². The van der Waals surface area contributed by atoms with E-state index < -0.39 is 5.97 Å². The van der Waals surface area contributed by atoms with Gasteiger partial charge in [0.25, 0.3) is 0 Å². The van der Waals surface area contributed by atoms with E-state index in [-0.39, 0.29) is 6.42 Å². The average molecular weight is 409 g/mol. The van der Waals surface area contributed by atoms with Crippen molar-refractivity contribution in [1.82, 2.24) is 0 Å². The maximum absolute atomic E-state index is 10.9. The molecule has 3 aromatic rings. The molecule has 0 bridgehead atoms. The van der Waals surface area contributed by atoms with Gasteiger partial charge in [-0.05, 0) is 79.1 Å². The molecule has 0 aliphatic heterocycles. The minimum atomic E-state index is -0.769. The molecule has 29 heavy (non-hydrogen) atoms.